The molecule has 1 aromatic carbocycles. The summed E-state index contributed by atoms with van der Waals surface area (Å²) in [4.78, 5) is 3.42. The van der Waals surface area contributed by atoms with Crippen molar-refractivity contribution in [3.63, 3.8) is 0 Å². The summed E-state index contributed by atoms with van der Waals surface area (Å²) in [5.41, 5.74) is 10.8. The lowest BCUT2D eigenvalue weighted by Gasteiger charge is -1.98. The molecule has 2 rings (SSSR count). The Labute approximate surface area is 84.9 Å². The molecule has 3 heteroatoms. The molecule has 14 heavy (non-hydrogen) atoms. The standard InChI is InChI=1S/C11H15BN2/c1-7-8(5-6-13)9-3-2-4-10(12)11(9)14-7/h2-4,14H,5-6,12-13H2,1H3. The molecular weight excluding hydrogens is 171 g/mol. The van der Waals surface area contributed by atoms with Crippen LogP contribution in [0.4, 0.5) is 0 Å². The highest BCUT2D eigenvalue weighted by Gasteiger charge is 2.07. The average molecular weight is 186 g/mol. The van der Waals surface area contributed by atoms with Gasteiger partial charge in [0.15, 0.2) is 0 Å². The average Bonchev–Trinajstić information content (AvgIpc) is 2.47. The molecule has 2 aromatic rings. The van der Waals surface area contributed by atoms with Crippen molar-refractivity contribution in [2.75, 3.05) is 6.54 Å². The number of aromatic amines is 1. The molecule has 0 atom stereocenters. The van der Waals surface area contributed by atoms with Crippen LogP contribution in [0.5, 0.6) is 0 Å². The molecule has 0 saturated carbocycles. The lowest BCUT2D eigenvalue weighted by molar-refractivity contribution is 0.963. The third-order valence-electron chi connectivity index (χ3n) is 2.76. The smallest absolute Gasteiger partial charge is 0.142 e. The molecule has 1 aromatic heterocycles. The van der Waals surface area contributed by atoms with E-state index in [4.69, 9.17) is 5.73 Å². The number of H-pyrrole nitrogens is 1. The van der Waals surface area contributed by atoms with Crippen molar-refractivity contribution in [1.29, 1.82) is 0 Å². The molecule has 0 aliphatic heterocycles. The number of aryl methyl sites for hydroxylation is 1. The number of nitrogens with two attached hydrogens (primary N) is 1. The summed E-state index contributed by atoms with van der Waals surface area (Å²) in [6, 6.07) is 6.40. The first-order chi connectivity index (χ1) is 6.74. The van der Waals surface area contributed by atoms with Crippen LogP contribution in [0.2, 0.25) is 0 Å². The van der Waals surface area contributed by atoms with E-state index in [9.17, 15) is 0 Å². The Morgan fingerprint density at radius 3 is 2.93 bits per heavy atom. The van der Waals surface area contributed by atoms with Crippen molar-refractivity contribution < 1.29 is 0 Å². The van der Waals surface area contributed by atoms with Crippen molar-refractivity contribution in [1.82, 2.24) is 4.98 Å². The van der Waals surface area contributed by atoms with Crippen molar-refractivity contribution in [2.45, 2.75) is 13.3 Å². The first-order valence-electron chi connectivity index (χ1n) is 5.01. The lowest BCUT2D eigenvalue weighted by Crippen LogP contribution is -2.04. The second-order valence-electron chi connectivity index (χ2n) is 3.76. The van der Waals surface area contributed by atoms with Gasteiger partial charge >= 0.3 is 0 Å². The summed E-state index contributed by atoms with van der Waals surface area (Å²) in [5, 5.41) is 1.33. The molecule has 0 amide bonds. The molecule has 0 aliphatic rings. The van der Waals surface area contributed by atoms with E-state index >= 15 is 0 Å². The fourth-order valence-corrected chi connectivity index (χ4v) is 2.02. The number of benzene rings is 1. The minimum absolute atomic E-state index is 0.710. The van der Waals surface area contributed by atoms with Crippen LogP contribution in [-0.2, 0) is 6.42 Å². The molecule has 0 spiro atoms. The first kappa shape index (κ1) is 9.34. The third kappa shape index (κ3) is 1.34. The van der Waals surface area contributed by atoms with Gasteiger partial charge < -0.3 is 10.7 Å². The van der Waals surface area contributed by atoms with Gasteiger partial charge in [-0.25, -0.2) is 0 Å². The Kier molecular flexibility index (Phi) is 2.34. The molecule has 72 valence electrons. The van der Waals surface area contributed by atoms with Crippen molar-refractivity contribution in [2.24, 2.45) is 5.73 Å². The molecule has 3 N–H and O–H groups in total. The van der Waals surface area contributed by atoms with Gasteiger partial charge in [0, 0.05) is 16.6 Å². The molecule has 0 saturated heterocycles. The lowest BCUT2D eigenvalue weighted by atomic mass is 9.93. The Morgan fingerprint density at radius 1 is 1.43 bits per heavy atom. The van der Waals surface area contributed by atoms with Gasteiger partial charge in [0.2, 0.25) is 0 Å². The number of rotatable bonds is 2. The topological polar surface area (TPSA) is 41.8 Å². The van der Waals surface area contributed by atoms with E-state index in [0.717, 1.165) is 6.42 Å². The highest BCUT2D eigenvalue weighted by Crippen LogP contribution is 2.20. The van der Waals surface area contributed by atoms with Crippen LogP contribution in [0.1, 0.15) is 11.3 Å². The highest BCUT2D eigenvalue weighted by molar-refractivity contribution is 6.38. The van der Waals surface area contributed by atoms with Crippen LogP contribution in [-0.4, -0.2) is 19.4 Å². The number of hydrogen-bond acceptors (Lipinski definition) is 1. The minimum atomic E-state index is 0.710. The zero-order chi connectivity index (χ0) is 10.1. The van der Waals surface area contributed by atoms with Crippen molar-refractivity contribution >= 4 is 24.2 Å². The zero-order valence-corrected chi connectivity index (χ0v) is 8.72. The Bertz CT molecular complexity index is 460. The monoisotopic (exact) mass is 186 g/mol. The van der Waals surface area contributed by atoms with Crippen LogP contribution in [0.15, 0.2) is 18.2 Å². The van der Waals surface area contributed by atoms with Gasteiger partial charge in [-0.05, 0) is 25.5 Å². The Morgan fingerprint density at radius 2 is 2.21 bits per heavy atom. The fraction of sp³-hybridized carbons (Fsp3) is 0.273. The summed E-state index contributed by atoms with van der Waals surface area (Å²) >= 11 is 0. The molecule has 0 unspecified atom stereocenters. The van der Waals surface area contributed by atoms with Gasteiger partial charge in [0.1, 0.15) is 7.85 Å². The predicted octanol–water partition coefficient (Wildman–Crippen LogP) is 0.236. The Hall–Kier alpha value is -1.22. The number of nitrogens with one attached hydrogen (secondary N) is 1. The molecular formula is C11H15BN2. The second-order valence-corrected chi connectivity index (χ2v) is 3.76. The molecule has 0 fully saturated rings. The quantitative estimate of drug-likeness (QED) is 0.648. The van der Waals surface area contributed by atoms with Crippen LogP contribution < -0.4 is 11.2 Å². The van der Waals surface area contributed by atoms with Crippen molar-refractivity contribution in [3.8, 4) is 0 Å². The normalized spacial score (nSPS) is 11.0. The van der Waals surface area contributed by atoms with E-state index in [1.54, 1.807) is 0 Å². The van der Waals surface area contributed by atoms with Gasteiger partial charge in [-0.15, -0.1) is 0 Å². The summed E-state index contributed by atoms with van der Waals surface area (Å²) < 4.78 is 0. The van der Waals surface area contributed by atoms with Crippen LogP contribution in [0.25, 0.3) is 10.9 Å². The number of hydrogen-bond donors (Lipinski definition) is 2. The van der Waals surface area contributed by atoms with E-state index in [2.05, 4.69) is 38.0 Å². The minimum Gasteiger partial charge on any atom is -0.359 e. The largest absolute Gasteiger partial charge is 0.359 e. The zero-order valence-electron chi connectivity index (χ0n) is 8.72. The summed E-state index contributed by atoms with van der Waals surface area (Å²) in [5.74, 6) is 0. The summed E-state index contributed by atoms with van der Waals surface area (Å²) in [6.07, 6.45) is 0.954. The van der Waals surface area contributed by atoms with E-state index in [-0.39, 0.29) is 0 Å². The third-order valence-corrected chi connectivity index (χ3v) is 2.76. The molecule has 0 radical (unpaired) electrons. The van der Waals surface area contributed by atoms with Crippen LogP contribution >= 0.6 is 0 Å². The second kappa shape index (κ2) is 3.50. The van der Waals surface area contributed by atoms with E-state index in [1.165, 1.54) is 27.6 Å². The molecule has 1 heterocycles. The van der Waals surface area contributed by atoms with Gasteiger partial charge in [-0.2, -0.15) is 0 Å². The SMILES string of the molecule is Bc1cccc2c(CCN)c(C)[nH]c12. The van der Waals surface area contributed by atoms with Gasteiger partial charge in [0.05, 0.1) is 0 Å². The first-order valence-corrected chi connectivity index (χ1v) is 5.01. The number of aromatic nitrogens is 1. The maximum absolute atomic E-state index is 5.60. The maximum atomic E-state index is 5.60. The number of fused-ring (bicyclic) bond motifs is 1. The number of para-hydroxylation sites is 1. The molecule has 0 bridgehead atoms. The predicted molar refractivity (Wildman–Crippen MR) is 64.0 cm³/mol. The maximum Gasteiger partial charge on any atom is 0.142 e. The van der Waals surface area contributed by atoms with E-state index < -0.39 is 0 Å². The summed E-state index contributed by atoms with van der Waals surface area (Å²) in [6.45, 7) is 2.83. The van der Waals surface area contributed by atoms with E-state index in [1.807, 2.05) is 0 Å². The molecule has 2 nitrogen and oxygen atoms in total. The van der Waals surface area contributed by atoms with Gasteiger partial charge in [0.25, 0.3) is 0 Å². The summed E-state index contributed by atoms with van der Waals surface area (Å²) in [7, 11) is 2.13. The van der Waals surface area contributed by atoms with Gasteiger partial charge in [-0.3, -0.25) is 0 Å². The van der Waals surface area contributed by atoms with E-state index in [0.29, 0.717) is 6.54 Å². The van der Waals surface area contributed by atoms with Crippen LogP contribution in [0.3, 0.4) is 0 Å². The van der Waals surface area contributed by atoms with Gasteiger partial charge in [-0.1, -0.05) is 23.7 Å². The molecule has 0 aliphatic carbocycles. The van der Waals surface area contributed by atoms with Crippen molar-refractivity contribution in [3.05, 3.63) is 29.5 Å². The fourth-order valence-electron chi connectivity index (χ4n) is 2.02. The highest BCUT2D eigenvalue weighted by atomic mass is 14.7. The Balaban J connectivity index is 2.70. The van der Waals surface area contributed by atoms with Crippen LogP contribution in [0, 0.1) is 6.92 Å².